The van der Waals surface area contributed by atoms with Crippen LogP contribution in [0.2, 0.25) is 0 Å². The molecule has 0 aliphatic carbocycles. The molecule has 0 saturated heterocycles. The molecule has 5 rings (SSSR count). The number of benzene rings is 1. The number of aromatic nitrogens is 2. The van der Waals surface area contributed by atoms with Gasteiger partial charge in [0.2, 0.25) is 0 Å². The number of fused-ring (bicyclic) bond motifs is 5. The van der Waals surface area contributed by atoms with Crippen molar-refractivity contribution in [1.82, 2.24) is 14.9 Å². The molecule has 1 atom stereocenters. The predicted octanol–water partition coefficient (Wildman–Crippen LogP) is 2.47. The molecule has 0 bridgehead atoms. The number of ether oxygens (including phenoxy) is 3. The van der Waals surface area contributed by atoms with Gasteiger partial charge in [-0.05, 0) is 31.0 Å². The molecule has 2 aliphatic rings. The summed E-state index contributed by atoms with van der Waals surface area (Å²) in [6, 6.07) is 4.30. The van der Waals surface area contributed by atoms with Crippen LogP contribution in [0.5, 0.6) is 5.75 Å². The van der Waals surface area contributed by atoms with Crippen molar-refractivity contribution in [3.05, 3.63) is 56.6 Å². The van der Waals surface area contributed by atoms with E-state index >= 15 is 0 Å². The van der Waals surface area contributed by atoms with Crippen molar-refractivity contribution in [3.63, 3.8) is 0 Å². The second-order valence-corrected chi connectivity index (χ2v) is 8.60. The summed E-state index contributed by atoms with van der Waals surface area (Å²) in [4.78, 5) is 42.5. The first-order chi connectivity index (χ1) is 17.2. The normalized spacial score (nSPS) is 17.8. The fourth-order valence-corrected chi connectivity index (χ4v) is 4.86. The van der Waals surface area contributed by atoms with Crippen LogP contribution in [0.1, 0.15) is 42.5 Å². The molecule has 1 amide bonds. The molecule has 10 nitrogen and oxygen atoms in total. The van der Waals surface area contributed by atoms with Gasteiger partial charge in [-0.15, -0.1) is 0 Å². The quantitative estimate of drug-likeness (QED) is 0.403. The van der Waals surface area contributed by atoms with E-state index in [9.17, 15) is 23.9 Å². The lowest BCUT2D eigenvalue weighted by atomic mass is 9.86. The first-order valence-corrected chi connectivity index (χ1v) is 11.5. The standard InChI is InChI=1S/C25H24FN3O7/c1-4-25(33)16-7-19-21-14(10-29(19)22(30)15(16)11-36-23(25)31)13(9-27-24(32)35-5-2)12-6-20(34-3)17(26)8-18(12)28-21/h6-8,33H,4-5,9-11H2,1-3H3,(H,27,32)/t25-/m0/s1. The lowest BCUT2D eigenvalue weighted by Crippen LogP contribution is -2.44. The average molecular weight is 497 g/mol. The Morgan fingerprint density at radius 1 is 1.28 bits per heavy atom. The van der Waals surface area contributed by atoms with Crippen LogP contribution in [0.15, 0.2) is 23.0 Å². The third kappa shape index (κ3) is 3.41. The van der Waals surface area contributed by atoms with Crippen LogP contribution in [0, 0.1) is 5.82 Å². The van der Waals surface area contributed by atoms with E-state index in [1.165, 1.54) is 23.8 Å². The highest BCUT2D eigenvalue weighted by Gasteiger charge is 2.45. The maximum absolute atomic E-state index is 14.6. The minimum absolute atomic E-state index is 0.00782. The van der Waals surface area contributed by atoms with Crippen molar-refractivity contribution < 1.29 is 33.3 Å². The molecular weight excluding hydrogens is 473 g/mol. The molecular formula is C25H24FN3O7. The molecule has 0 saturated carbocycles. The third-order valence-electron chi connectivity index (χ3n) is 6.76. The number of rotatable bonds is 5. The van der Waals surface area contributed by atoms with Gasteiger partial charge in [0.1, 0.15) is 6.61 Å². The highest BCUT2D eigenvalue weighted by Crippen LogP contribution is 2.41. The monoisotopic (exact) mass is 497 g/mol. The molecule has 0 radical (unpaired) electrons. The summed E-state index contributed by atoms with van der Waals surface area (Å²) in [6.45, 7) is 3.39. The number of cyclic esters (lactones) is 1. The van der Waals surface area contributed by atoms with E-state index in [1.54, 1.807) is 19.9 Å². The van der Waals surface area contributed by atoms with Crippen molar-refractivity contribution in [2.24, 2.45) is 0 Å². The van der Waals surface area contributed by atoms with Crippen LogP contribution in [-0.2, 0) is 39.6 Å². The molecule has 2 aromatic heterocycles. The van der Waals surface area contributed by atoms with Gasteiger partial charge in [0.15, 0.2) is 17.2 Å². The number of hydrogen-bond donors (Lipinski definition) is 2. The largest absolute Gasteiger partial charge is 0.494 e. The Morgan fingerprint density at radius 2 is 2.06 bits per heavy atom. The Hall–Kier alpha value is -3.99. The number of carbonyl (C=O) groups is 2. The van der Waals surface area contributed by atoms with E-state index in [0.29, 0.717) is 27.9 Å². The predicted molar refractivity (Wildman–Crippen MR) is 125 cm³/mol. The van der Waals surface area contributed by atoms with Gasteiger partial charge in [0, 0.05) is 29.1 Å². The highest BCUT2D eigenvalue weighted by atomic mass is 19.1. The second-order valence-electron chi connectivity index (χ2n) is 8.60. The summed E-state index contributed by atoms with van der Waals surface area (Å²) in [7, 11) is 1.35. The van der Waals surface area contributed by atoms with Gasteiger partial charge in [0.25, 0.3) is 5.56 Å². The minimum atomic E-state index is -1.96. The number of aliphatic hydroxyl groups is 1. The Labute approximate surface area is 204 Å². The van der Waals surface area contributed by atoms with Crippen molar-refractivity contribution in [2.75, 3.05) is 13.7 Å². The van der Waals surface area contributed by atoms with Crippen molar-refractivity contribution in [1.29, 1.82) is 0 Å². The SMILES string of the molecule is CCOC(=O)NCc1c2c(nc3cc(F)c(OC)cc13)-c1cc3c(c(=O)n1C2)COC(=O)[C@]3(O)CC. The fourth-order valence-electron chi connectivity index (χ4n) is 4.86. The van der Waals surface area contributed by atoms with E-state index < -0.39 is 29.0 Å². The number of pyridine rings is 2. The van der Waals surface area contributed by atoms with E-state index in [4.69, 9.17) is 14.2 Å². The molecule has 36 heavy (non-hydrogen) atoms. The third-order valence-corrected chi connectivity index (χ3v) is 6.76. The van der Waals surface area contributed by atoms with Crippen LogP contribution in [-0.4, -0.2) is 40.4 Å². The molecule has 3 aromatic rings. The smallest absolute Gasteiger partial charge is 0.407 e. The van der Waals surface area contributed by atoms with Gasteiger partial charge in [-0.25, -0.2) is 19.0 Å². The molecule has 0 unspecified atom stereocenters. The molecule has 0 spiro atoms. The first kappa shape index (κ1) is 23.7. The summed E-state index contributed by atoms with van der Waals surface area (Å²) in [5.41, 5.74) is 0.304. The zero-order valence-electron chi connectivity index (χ0n) is 19.9. The summed E-state index contributed by atoms with van der Waals surface area (Å²) in [5.74, 6) is -1.43. The topological polar surface area (TPSA) is 129 Å². The van der Waals surface area contributed by atoms with Crippen LogP contribution >= 0.6 is 0 Å². The van der Waals surface area contributed by atoms with Crippen LogP contribution in [0.25, 0.3) is 22.3 Å². The summed E-state index contributed by atoms with van der Waals surface area (Å²) < 4.78 is 31.3. The number of hydrogen-bond acceptors (Lipinski definition) is 8. The van der Waals surface area contributed by atoms with Crippen LogP contribution in [0.3, 0.4) is 0 Å². The van der Waals surface area contributed by atoms with Gasteiger partial charge in [-0.3, -0.25) is 4.79 Å². The summed E-state index contributed by atoms with van der Waals surface area (Å²) >= 11 is 0. The Bertz CT molecular complexity index is 1500. The van der Waals surface area contributed by atoms with Crippen molar-refractivity contribution in [3.8, 4) is 17.1 Å². The average Bonchev–Trinajstić information content (AvgIpc) is 3.23. The number of halogens is 1. The van der Waals surface area contributed by atoms with Gasteiger partial charge < -0.3 is 29.2 Å². The molecule has 1 aromatic carbocycles. The second kappa shape index (κ2) is 8.59. The Balaban J connectivity index is 1.75. The van der Waals surface area contributed by atoms with Gasteiger partial charge in [0.05, 0.1) is 42.7 Å². The Kier molecular flexibility index (Phi) is 5.67. The number of amides is 1. The van der Waals surface area contributed by atoms with E-state index in [0.717, 1.165) is 0 Å². The zero-order chi connectivity index (χ0) is 25.8. The molecule has 2 N–H and O–H groups in total. The summed E-state index contributed by atoms with van der Waals surface area (Å²) in [5, 5.41) is 14.3. The zero-order valence-corrected chi connectivity index (χ0v) is 19.9. The Morgan fingerprint density at radius 3 is 2.75 bits per heavy atom. The maximum atomic E-state index is 14.6. The van der Waals surface area contributed by atoms with Crippen LogP contribution in [0.4, 0.5) is 9.18 Å². The van der Waals surface area contributed by atoms with Crippen molar-refractivity contribution >= 4 is 23.0 Å². The van der Waals surface area contributed by atoms with Gasteiger partial charge in [-0.1, -0.05) is 6.92 Å². The van der Waals surface area contributed by atoms with E-state index in [1.807, 2.05) is 0 Å². The highest BCUT2D eigenvalue weighted by molar-refractivity contribution is 5.90. The maximum Gasteiger partial charge on any atom is 0.407 e. The number of esters is 1. The fraction of sp³-hybridized carbons (Fsp3) is 0.360. The van der Waals surface area contributed by atoms with E-state index in [2.05, 4.69) is 10.3 Å². The molecule has 11 heteroatoms. The number of methoxy groups -OCH3 is 1. The summed E-state index contributed by atoms with van der Waals surface area (Å²) in [6.07, 6.45) is -0.614. The van der Waals surface area contributed by atoms with Crippen molar-refractivity contribution in [2.45, 2.75) is 45.6 Å². The minimum Gasteiger partial charge on any atom is -0.494 e. The van der Waals surface area contributed by atoms with Gasteiger partial charge >= 0.3 is 12.1 Å². The number of alkyl carbamates (subject to hydrolysis) is 1. The molecule has 2 aliphatic heterocycles. The number of nitrogens with one attached hydrogen (secondary N) is 1. The number of carbonyl (C=O) groups excluding carboxylic acids is 2. The van der Waals surface area contributed by atoms with E-state index in [-0.39, 0.29) is 55.1 Å². The number of nitrogens with zero attached hydrogens (tertiary/aromatic N) is 2. The lowest BCUT2D eigenvalue weighted by Gasteiger charge is -2.31. The lowest BCUT2D eigenvalue weighted by molar-refractivity contribution is -0.172. The molecule has 4 heterocycles. The first-order valence-electron chi connectivity index (χ1n) is 11.5. The van der Waals surface area contributed by atoms with Crippen LogP contribution < -0.4 is 15.6 Å². The molecule has 188 valence electrons. The molecule has 0 fully saturated rings. The van der Waals surface area contributed by atoms with Gasteiger partial charge in [-0.2, -0.15) is 0 Å².